The van der Waals surface area contributed by atoms with Crippen molar-refractivity contribution < 1.29 is 9.47 Å². The fourth-order valence-corrected chi connectivity index (χ4v) is 4.64. The molecule has 1 fully saturated rings. The number of halogens is 1. The highest BCUT2D eigenvalue weighted by atomic mass is 35.5. The van der Waals surface area contributed by atoms with E-state index in [1.54, 1.807) is 4.52 Å². The first-order chi connectivity index (χ1) is 14.8. The van der Waals surface area contributed by atoms with E-state index in [0.29, 0.717) is 29.4 Å². The van der Waals surface area contributed by atoms with Crippen LogP contribution in [0.25, 0.3) is 16.8 Å². The van der Waals surface area contributed by atoms with E-state index in [4.69, 9.17) is 21.1 Å². The lowest BCUT2D eigenvalue weighted by Gasteiger charge is -2.22. The third kappa shape index (κ3) is 5.46. The molecule has 10 heteroatoms. The van der Waals surface area contributed by atoms with E-state index in [9.17, 15) is 0 Å². The van der Waals surface area contributed by atoms with E-state index in [0.717, 1.165) is 55.5 Å². The van der Waals surface area contributed by atoms with E-state index in [1.165, 1.54) is 0 Å². The summed E-state index contributed by atoms with van der Waals surface area (Å²) in [5, 5.41) is 13.1. The van der Waals surface area contributed by atoms with Crippen molar-refractivity contribution in [3.05, 3.63) is 29.2 Å². The lowest BCUT2D eigenvalue weighted by atomic mass is 10.1. The van der Waals surface area contributed by atoms with Crippen LogP contribution in [0.1, 0.15) is 18.5 Å². The van der Waals surface area contributed by atoms with Gasteiger partial charge in [0.1, 0.15) is 6.73 Å². The van der Waals surface area contributed by atoms with Crippen molar-refractivity contribution in [1.82, 2.24) is 24.4 Å². The summed E-state index contributed by atoms with van der Waals surface area (Å²) in [6.45, 7) is 11.8. The zero-order chi connectivity index (χ0) is 22.0. The summed E-state index contributed by atoms with van der Waals surface area (Å²) in [5.74, 6) is 0.592. The molecule has 168 valence electrons. The molecule has 0 saturated carbocycles. The van der Waals surface area contributed by atoms with Gasteiger partial charge in [0.2, 0.25) is 5.95 Å². The minimum atomic E-state index is -1.10. The second-order valence-electron chi connectivity index (χ2n) is 9.29. The molecule has 1 aliphatic rings. The monoisotopic (exact) mass is 462 g/mol. The van der Waals surface area contributed by atoms with E-state index in [1.807, 2.05) is 30.1 Å². The third-order valence-electron chi connectivity index (χ3n) is 5.46. The molecule has 4 heterocycles. The Morgan fingerprint density at radius 1 is 1.23 bits per heavy atom. The third-order valence-corrected chi connectivity index (χ3v) is 7.53. The predicted molar refractivity (Wildman–Crippen MR) is 126 cm³/mol. The summed E-state index contributed by atoms with van der Waals surface area (Å²) >= 11 is 6.76. The molecule has 0 spiro atoms. The van der Waals surface area contributed by atoms with Crippen LogP contribution in [0.5, 0.6) is 0 Å². The number of anilines is 1. The van der Waals surface area contributed by atoms with Gasteiger partial charge in [0.05, 0.1) is 10.7 Å². The number of nitrogens with zero attached hydrogens (tertiary/aromatic N) is 5. The zero-order valence-corrected chi connectivity index (χ0v) is 20.4. The zero-order valence-electron chi connectivity index (χ0n) is 18.7. The maximum Gasteiger partial charge on any atom is 0.243 e. The van der Waals surface area contributed by atoms with Gasteiger partial charge in [0.25, 0.3) is 0 Å². The van der Waals surface area contributed by atoms with Crippen molar-refractivity contribution in [2.24, 2.45) is 0 Å². The quantitative estimate of drug-likeness (QED) is 0.393. The summed E-state index contributed by atoms with van der Waals surface area (Å²) in [4.78, 5) is 4.63. The first-order valence-corrected chi connectivity index (χ1v) is 14.9. The number of aryl methyl sites for hydroxylation is 1. The molecule has 0 amide bonds. The summed E-state index contributed by atoms with van der Waals surface area (Å²) in [6.07, 6.45) is 5.78. The standard InChI is InChI=1S/C21H31ClN6O2Si/c1-15-18(13-27(25-15)14-30-11-12-31(2,3)4)17-5-8-28-20(19(17)22)24-21(26-28)23-16-6-9-29-10-7-16/h5,8,13,16H,6-7,9-12,14H2,1-4H3,(H,23,26). The molecular formula is C21H31ClN6O2Si. The Bertz CT molecular complexity index is 1040. The van der Waals surface area contributed by atoms with Crippen molar-refractivity contribution in [2.75, 3.05) is 25.1 Å². The normalized spacial score (nSPS) is 15.6. The van der Waals surface area contributed by atoms with Crippen molar-refractivity contribution in [2.45, 2.75) is 58.2 Å². The molecule has 3 aromatic rings. The van der Waals surface area contributed by atoms with Crippen molar-refractivity contribution in [3.63, 3.8) is 0 Å². The van der Waals surface area contributed by atoms with Gasteiger partial charge in [-0.15, -0.1) is 5.10 Å². The maximum atomic E-state index is 6.76. The second kappa shape index (κ2) is 9.28. The highest BCUT2D eigenvalue weighted by Crippen LogP contribution is 2.32. The number of hydrogen-bond acceptors (Lipinski definition) is 6. The van der Waals surface area contributed by atoms with Crippen LogP contribution in [0.15, 0.2) is 18.5 Å². The van der Waals surface area contributed by atoms with Crippen LogP contribution in [-0.4, -0.2) is 58.3 Å². The highest BCUT2D eigenvalue weighted by Gasteiger charge is 2.19. The summed E-state index contributed by atoms with van der Waals surface area (Å²) in [6, 6.07) is 3.42. The Balaban J connectivity index is 1.50. The Morgan fingerprint density at radius 3 is 2.74 bits per heavy atom. The minimum Gasteiger partial charge on any atom is -0.381 e. The molecule has 8 nitrogen and oxygen atoms in total. The van der Waals surface area contributed by atoms with Gasteiger partial charge in [0.15, 0.2) is 5.65 Å². The average Bonchev–Trinajstić information content (AvgIpc) is 3.29. The Kier molecular flexibility index (Phi) is 6.66. The highest BCUT2D eigenvalue weighted by molar-refractivity contribution is 6.76. The van der Waals surface area contributed by atoms with Gasteiger partial charge in [-0.05, 0) is 31.9 Å². The first-order valence-electron chi connectivity index (χ1n) is 10.8. The van der Waals surface area contributed by atoms with Crippen LogP contribution in [0.2, 0.25) is 30.7 Å². The van der Waals surface area contributed by atoms with Crippen molar-refractivity contribution >= 4 is 31.3 Å². The molecule has 0 aliphatic carbocycles. The lowest BCUT2D eigenvalue weighted by Crippen LogP contribution is -2.28. The van der Waals surface area contributed by atoms with Crippen molar-refractivity contribution in [3.8, 4) is 11.1 Å². The number of nitrogens with one attached hydrogen (secondary N) is 1. The van der Waals surface area contributed by atoms with Crippen molar-refractivity contribution in [1.29, 1.82) is 0 Å². The summed E-state index contributed by atoms with van der Waals surface area (Å²) in [5.41, 5.74) is 3.40. The number of rotatable bonds is 8. The first kappa shape index (κ1) is 22.3. The predicted octanol–water partition coefficient (Wildman–Crippen LogP) is 4.46. The average molecular weight is 463 g/mol. The molecule has 1 aliphatic heterocycles. The van der Waals surface area contributed by atoms with Gasteiger partial charge in [-0.1, -0.05) is 31.2 Å². The second-order valence-corrected chi connectivity index (χ2v) is 15.3. The number of aromatic nitrogens is 5. The SMILES string of the molecule is Cc1nn(COCC[Si](C)(C)C)cc1-c1ccn2nc(NC3CCOCC3)nc2c1Cl. The van der Waals surface area contributed by atoms with Gasteiger partial charge in [0, 0.05) is 57.5 Å². The topological polar surface area (TPSA) is 78.5 Å². The summed E-state index contributed by atoms with van der Waals surface area (Å²) in [7, 11) is -1.10. The molecule has 0 radical (unpaired) electrons. The van der Waals surface area contributed by atoms with Gasteiger partial charge in [-0.2, -0.15) is 10.1 Å². The Hall–Kier alpha value is -1.94. The van der Waals surface area contributed by atoms with Crippen LogP contribution in [-0.2, 0) is 16.2 Å². The molecule has 0 aromatic carbocycles. The van der Waals surface area contributed by atoms with Crippen LogP contribution in [0, 0.1) is 6.92 Å². The number of pyridine rings is 1. The Labute approximate surface area is 188 Å². The molecule has 0 bridgehead atoms. The maximum absolute atomic E-state index is 6.76. The number of ether oxygens (including phenoxy) is 2. The fraction of sp³-hybridized carbons (Fsp3) is 0.571. The van der Waals surface area contributed by atoms with Gasteiger partial charge in [-0.25, -0.2) is 9.20 Å². The molecule has 4 rings (SSSR count). The summed E-state index contributed by atoms with van der Waals surface area (Å²) < 4.78 is 14.8. The fourth-order valence-electron chi connectivity index (χ4n) is 3.59. The van der Waals surface area contributed by atoms with Gasteiger partial charge < -0.3 is 14.8 Å². The van der Waals surface area contributed by atoms with Crippen LogP contribution in [0.3, 0.4) is 0 Å². The van der Waals surface area contributed by atoms with E-state index in [2.05, 4.69) is 40.1 Å². The van der Waals surface area contributed by atoms with Crippen LogP contribution in [0.4, 0.5) is 5.95 Å². The molecule has 3 aromatic heterocycles. The minimum absolute atomic E-state index is 0.325. The molecule has 31 heavy (non-hydrogen) atoms. The van der Waals surface area contributed by atoms with E-state index < -0.39 is 8.07 Å². The largest absolute Gasteiger partial charge is 0.381 e. The molecule has 1 N–H and O–H groups in total. The van der Waals surface area contributed by atoms with Gasteiger partial charge >= 0.3 is 0 Å². The number of hydrogen-bond donors (Lipinski definition) is 1. The number of fused-ring (bicyclic) bond motifs is 1. The van der Waals surface area contributed by atoms with Gasteiger partial charge in [-0.3, -0.25) is 0 Å². The molecule has 0 unspecified atom stereocenters. The lowest BCUT2D eigenvalue weighted by molar-refractivity contribution is 0.0784. The smallest absolute Gasteiger partial charge is 0.243 e. The Morgan fingerprint density at radius 2 is 2.00 bits per heavy atom. The van der Waals surface area contributed by atoms with Crippen LogP contribution < -0.4 is 5.32 Å². The van der Waals surface area contributed by atoms with E-state index in [-0.39, 0.29) is 0 Å². The van der Waals surface area contributed by atoms with Crippen LogP contribution >= 0.6 is 11.6 Å². The van der Waals surface area contributed by atoms with E-state index >= 15 is 0 Å². The molecule has 0 atom stereocenters. The molecule has 1 saturated heterocycles. The molecular weight excluding hydrogens is 432 g/mol.